The molecular weight excluding hydrogens is 310 g/mol. The number of aromatic nitrogens is 3. The number of hydrogen-bond acceptors (Lipinski definition) is 4. The Morgan fingerprint density at radius 2 is 1.92 bits per heavy atom. The molecule has 1 aliphatic carbocycles. The summed E-state index contributed by atoms with van der Waals surface area (Å²) in [6.07, 6.45) is 13.7. The molecule has 2 aromatic heterocycles. The summed E-state index contributed by atoms with van der Waals surface area (Å²) in [4.78, 5) is 6.74. The first kappa shape index (κ1) is 16.7. The second-order valence-electron chi connectivity index (χ2n) is 7.52. The number of rotatable bonds is 6. The van der Waals surface area contributed by atoms with E-state index < -0.39 is 0 Å². The molecule has 1 N–H and O–H groups in total. The molecule has 3 heterocycles. The van der Waals surface area contributed by atoms with Crippen LogP contribution in [0.1, 0.15) is 55.8 Å². The van der Waals surface area contributed by atoms with Crippen molar-refractivity contribution in [1.82, 2.24) is 25.0 Å². The molecule has 1 aliphatic heterocycles. The third-order valence-electron chi connectivity index (χ3n) is 5.65. The predicted octanol–water partition coefficient (Wildman–Crippen LogP) is 3.15. The Hall–Kier alpha value is -1.72. The van der Waals surface area contributed by atoms with Gasteiger partial charge in [-0.1, -0.05) is 18.9 Å². The van der Waals surface area contributed by atoms with E-state index in [-0.39, 0.29) is 0 Å². The lowest BCUT2D eigenvalue weighted by molar-refractivity contribution is 0.189. The molecule has 2 fully saturated rings. The summed E-state index contributed by atoms with van der Waals surface area (Å²) < 4.78 is 2.19. The average Bonchev–Trinajstić information content (AvgIpc) is 3.34. The highest BCUT2D eigenvalue weighted by Crippen LogP contribution is 2.28. The molecule has 2 aliphatic rings. The maximum Gasteiger partial charge on any atom is 0.0762 e. The molecule has 25 heavy (non-hydrogen) atoms. The minimum absolute atomic E-state index is 0.613. The number of nitrogens with zero attached hydrogens (tertiary/aromatic N) is 4. The SMILES string of the molecule is c1cncc(CN2CCC(NCc3ccn(C4CCCC4)n3)CC2)c1. The van der Waals surface area contributed by atoms with Crippen LogP contribution in [-0.2, 0) is 13.1 Å². The molecule has 1 saturated heterocycles. The molecule has 2 aromatic rings. The van der Waals surface area contributed by atoms with Gasteiger partial charge in [0.05, 0.1) is 11.7 Å². The van der Waals surface area contributed by atoms with Crippen LogP contribution in [0.4, 0.5) is 0 Å². The van der Waals surface area contributed by atoms with Gasteiger partial charge in [-0.25, -0.2) is 0 Å². The number of likely N-dealkylation sites (tertiary alicyclic amines) is 1. The van der Waals surface area contributed by atoms with Crippen LogP contribution in [0.2, 0.25) is 0 Å². The van der Waals surface area contributed by atoms with Gasteiger partial charge in [-0.3, -0.25) is 14.6 Å². The summed E-state index contributed by atoms with van der Waals surface area (Å²) in [6.45, 7) is 4.23. The van der Waals surface area contributed by atoms with Crippen molar-refractivity contribution in [2.24, 2.45) is 0 Å². The molecule has 0 bridgehead atoms. The zero-order valence-corrected chi connectivity index (χ0v) is 15.0. The second kappa shape index (κ2) is 8.11. The highest BCUT2D eigenvalue weighted by molar-refractivity contribution is 5.08. The number of piperidine rings is 1. The largest absolute Gasteiger partial charge is 0.308 e. The van der Waals surface area contributed by atoms with Crippen molar-refractivity contribution in [3.8, 4) is 0 Å². The fraction of sp³-hybridized carbons (Fsp3) is 0.600. The van der Waals surface area contributed by atoms with Crippen LogP contribution in [-0.4, -0.2) is 38.8 Å². The van der Waals surface area contributed by atoms with Crippen molar-refractivity contribution < 1.29 is 0 Å². The van der Waals surface area contributed by atoms with Crippen LogP contribution in [0.25, 0.3) is 0 Å². The van der Waals surface area contributed by atoms with Crippen LogP contribution in [0.5, 0.6) is 0 Å². The third-order valence-corrected chi connectivity index (χ3v) is 5.65. The van der Waals surface area contributed by atoms with Crippen molar-refractivity contribution in [3.05, 3.63) is 48.0 Å². The van der Waals surface area contributed by atoms with Gasteiger partial charge in [0.2, 0.25) is 0 Å². The average molecular weight is 339 g/mol. The molecule has 4 rings (SSSR count). The van der Waals surface area contributed by atoms with E-state index in [1.807, 2.05) is 18.5 Å². The third kappa shape index (κ3) is 4.47. The smallest absolute Gasteiger partial charge is 0.0762 e. The van der Waals surface area contributed by atoms with E-state index in [2.05, 4.69) is 38.2 Å². The second-order valence-corrected chi connectivity index (χ2v) is 7.52. The van der Waals surface area contributed by atoms with Gasteiger partial charge in [0.25, 0.3) is 0 Å². The summed E-state index contributed by atoms with van der Waals surface area (Å²) in [5.74, 6) is 0. The maximum absolute atomic E-state index is 4.78. The number of nitrogens with one attached hydrogen (secondary N) is 1. The van der Waals surface area contributed by atoms with Gasteiger partial charge in [0.1, 0.15) is 0 Å². The Labute approximate surface area is 150 Å². The molecule has 5 nitrogen and oxygen atoms in total. The van der Waals surface area contributed by atoms with Crippen molar-refractivity contribution >= 4 is 0 Å². The van der Waals surface area contributed by atoms with Crippen molar-refractivity contribution in [2.45, 2.75) is 63.7 Å². The van der Waals surface area contributed by atoms with Crippen LogP contribution in [0.3, 0.4) is 0 Å². The number of hydrogen-bond donors (Lipinski definition) is 1. The van der Waals surface area contributed by atoms with Gasteiger partial charge in [-0.05, 0) is 56.5 Å². The first-order valence-electron chi connectivity index (χ1n) is 9.75. The van der Waals surface area contributed by atoms with Gasteiger partial charge in [-0.2, -0.15) is 5.10 Å². The molecule has 5 heteroatoms. The minimum Gasteiger partial charge on any atom is -0.308 e. The number of pyridine rings is 1. The van der Waals surface area contributed by atoms with Gasteiger partial charge in [-0.15, -0.1) is 0 Å². The molecule has 0 radical (unpaired) electrons. The molecule has 0 atom stereocenters. The standard InChI is InChI=1S/C20H29N5/c1-2-6-20(5-1)25-13-9-19(23-25)15-22-18-7-11-24(12-8-18)16-17-4-3-10-21-14-17/h3-4,9-10,13-14,18,20,22H,1-2,5-8,11-12,15-16H2. The lowest BCUT2D eigenvalue weighted by Gasteiger charge is -2.32. The quantitative estimate of drug-likeness (QED) is 0.878. The van der Waals surface area contributed by atoms with E-state index in [1.54, 1.807) is 0 Å². The maximum atomic E-state index is 4.78. The summed E-state index contributed by atoms with van der Waals surface area (Å²) >= 11 is 0. The van der Waals surface area contributed by atoms with E-state index >= 15 is 0 Å². The Kier molecular flexibility index (Phi) is 5.43. The Bertz CT molecular complexity index is 639. The van der Waals surface area contributed by atoms with E-state index in [0.717, 1.165) is 26.2 Å². The van der Waals surface area contributed by atoms with Crippen LogP contribution < -0.4 is 5.32 Å². The highest BCUT2D eigenvalue weighted by Gasteiger charge is 2.20. The highest BCUT2D eigenvalue weighted by atomic mass is 15.3. The van der Waals surface area contributed by atoms with Crippen LogP contribution in [0, 0.1) is 0 Å². The zero-order valence-electron chi connectivity index (χ0n) is 15.0. The molecular formula is C20H29N5. The van der Waals surface area contributed by atoms with Gasteiger partial charge in [0.15, 0.2) is 0 Å². The van der Waals surface area contributed by atoms with Crippen molar-refractivity contribution in [1.29, 1.82) is 0 Å². The lowest BCUT2D eigenvalue weighted by Crippen LogP contribution is -2.41. The van der Waals surface area contributed by atoms with E-state index in [4.69, 9.17) is 5.10 Å². The van der Waals surface area contributed by atoms with E-state index in [9.17, 15) is 0 Å². The van der Waals surface area contributed by atoms with E-state index in [1.165, 1.54) is 49.8 Å². The summed E-state index contributed by atoms with van der Waals surface area (Å²) in [7, 11) is 0. The molecule has 1 saturated carbocycles. The molecule has 0 amide bonds. The Morgan fingerprint density at radius 3 is 2.68 bits per heavy atom. The lowest BCUT2D eigenvalue weighted by atomic mass is 10.0. The van der Waals surface area contributed by atoms with Crippen molar-refractivity contribution in [2.75, 3.05) is 13.1 Å². The molecule has 0 unspecified atom stereocenters. The van der Waals surface area contributed by atoms with E-state index in [0.29, 0.717) is 12.1 Å². The summed E-state index contributed by atoms with van der Waals surface area (Å²) in [5, 5.41) is 8.50. The summed E-state index contributed by atoms with van der Waals surface area (Å²) in [6, 6.07) is 7.63. The topological polar surface area (TPSA) is 46.0 Å². The zero-order chi connectivity index (χ0) is 16.9. The Morgan fingerprint density at radius 1 is 1.08 bits per heavy atom. The van der Waals surface area contributed by atoms with Gasteiger partial charge < -0.3 is 5.32 Å². The van der Waals surface area contributed by atoms with Crippen LogP contribution >= 0.6 is 0 Å². The molecule has 134 valence electrons. The normalized spacial score (nSPS) is 20.3. The van der Waals surface area contributed by atoms with Crippen molar-refractivity contribution in [3.63, 3.8) is 0 Å². The summed E-state index contributed by atoms with van der Waals surface area (Å²) in [5.41, 5.74) is 2.50. The Balaban J connectivity index is 1.20. The monoisotopic (exact) mass is 339 g/mol. The van der Waals surface area contributed by atoms with Crippen LogP contribution in [0.15, 0.2) is 36.8 Å². The first-order valence-corrected chi connectivity index (χ1v) is 9.75. The fourth-order valence-electron chi connectivity index (χ4n) is 4.14. The minimum atomic E-state index is 0.613. The predicted molar refractivity (Wildman–Crippen MR) is 99.1 cm³/mol. The first-order chi connectivity index (χ1) is 12.4. The molecule has 0 aromatic carbocycles. The molecule has 0 spiro atoms. The van der Waals surface area contributed by atoms with Gasteiger partial charge in [0, 0.05) is 37.7 Å². The van der Waals surface area contributed by atoms with Gasteiger partial charge >= 0.3 is 0 Å². The fourth-order valence-corrected chi connectivity index (χ4v) is 4.14.